The molecule has 1 aliphatic heterocycles. The Morgan fingerprint density at radius 2 is 2.04 bits per heavy atom. The number of rotatable bonds is 5. The molecule has 0 spiro atoms. The van der Waals surface area contributed by atoms with Crippen LogP contribution in [0.2, 0.25) is 0 Å². The van der Waals surface area contributed by atoms with Crippen molar-refractivity contribution in [3.8, 4) is 0 Å². The summed E-state index contributed by atoms with van der Waals surface area (Å²) < 4.78 is 12.1. The summed E-state index contributed by atoms with van der Waals surface area (Å²) in [5.41, 5.74) is 0.108. The Morgan fingerprint density at radius 1 is 1.30 bits per heavy atom. The van der Waals surface area contributed by atoms with Crippen LogP contribution in [0.15, 0.2) is 12.7 Å². The summed E-state index contributed by atoms with van der Waals surface area (Å²) in [5.74, 6) is -0.0236. The van der Waals surface area contributed by atoms with E-state index in [9.17, 15) is 20.1 Å². The standard InChI is InChI=1S/C16H23N5O6/c1-16(2,3)15(25)26-7-20-12-9-13(18-5-17-12)21(6-19-9)14-11(24)10(23)8(4-22)27-14/h5-6,8,10-11,14,22-24H,4,7H2,1-3H3,(H,17,18,20)/t8-,10-,11-,14-/m1/s1. The minimum atomic E-state index is -1.25. The van der Waals surface area contributed by atoms with Crippen molar-refractivity contribution in [2.45, 2.75) is 45.3 Å². The molecule has 27 heavy (non-hydrogen) atoms. The van der Waals surface area contributed by atoms with E-state index in [1.807, 2.05) is 0 Å². The Balaban J connectivity index is 1.78. The van der Waals surface area contributed by atoms with Crippen LogP contribution < -0.4 is 5.32 Å². The van der Waals surface area contributed by atoms with Gasteiger partial charge in [-0.05, 0) is 20.8 Å². The first-order valence-corrected chi connectivity index (χ1v) is 8.45. The Hall–Kier alpha value is -2.34. The number of anilines is 1. The lowest BCUT2D eigenvalue weighted by atomic mass is 9.98. The third-order valence-electron chi connectivity index (χ3n) is 4.21. The van der Waals surface area contributed by atoms with Crippen LogP contribution in [0.25, 0.3) is 11.2 Å². The molecule has 11 nitrogen and oxygen atoms in total. The number of hydrogen-bond donors (Lipinski definition) is 4. The van der Waals surface area contributed by atoms with E-state index in [4.69, 9.17) is 9.47 Å². The molecule has 0 unspecified atom stereocenters. The second-order valence-corrected chi connectivity index (χ2v) is 7.28. The molecule has 1 saturated heterocycles. The van der Waals surface area contributed by atoms with E-state index in [1.54, 1.807) is 20.8 Å². The zero-order chi connectivity index (χ0) is 19.8. The van der Waals surface area contributed by atoms with Crippen LogP contribution in [-0.4, -0.2) is 72.5 Å². The average Bonchev–Trinajstić information content (AvgIpc) is 3.16. The predicted octanol–water partition coefficient (Wildman–Crippen LogP) is -0.603. The second-order valence-electron chi connectivity index (χ2n) is 7.28. The van der Waals surface area contributed by atoms with E-state index in [2.05, 4.69) is 20.3 Å². The van der Waals surface area contributed by atoms with Gasteiger partial charge in [-0.3, -0.25) is 9.36 Å². The summed E-state index contributed by atoms with van der Waals surface area (Å²) in [6.45, 7) is 4.73. The van der Waals surface area contributed by atoms with Crippen LogP contribution in [0, 0.1) is 5.41 Å². The van der Waals surface area contributed by atoms with Gasteiger partial charge in [0.25, 0.3) is 0 Å². The molecule has 0 aromatic carbocycles. The summed E-state index contributed by atoms with van der Waals surface area (Å²) >= 11 is 0. The SMILES string of the molecule is CC(C)(C)C(=O)OCNc1ncnc2c1ncn2[C@@H]1O[C@H](CO)[C@@H](O)[C@H]1O. The molecule has 11 heteroatoms. The van der Waals surface area contributed by atoms with Crippen molar-refractivity contribution in [1.82, 2.24) is 19.5 Å². The van der Waals surface area contributed by atoms with Crippen molar-refractivity contribution < 1.29 is 29.6 Å². The van der Waals surface area contributed by atoms with Crippen molar-refractivity contribution >= 4 is 23.0 Å². The number of imidazole rings is 1. The van der Waals surface area contributed by atoms with E-state index in [1.165, 1.54) is 17.2 Å². The van der Waals surface area contributed by atoms with E-state index < -0.39 is 36.6 Å². The maximum atomic E-state index is 11.8. The van der Waals surface area contributed by atoms with Crippen LogP contribution >= 0.6 is 0 Å². The fourth-order valence-electron chi connectivity index (χ4n) is 2.66. The van der Waals surface area contributed by atoms with Crippen molar-refractivity contribution in [3.05, 3.63) is 12.7 Å². The smallest absolute Gasteiger partial charge is 0.312 e. The Labute approximate surface area is 155 Å². The lowest BCUT2D eigenvalue weighted by Crippen LogP contribution is -2.33. The number of esters is 1. The van der Waals surface area contributed by atoms with Gasteiger partial charge in [0, 0.05) is 0 Å². The number of ether oxygens (including phenoxy) is 2. The van der Waals surface area contributed by atoms with Gasteiger partial charge in [-0.25, -0.2) is 15.0 Å². The minimum absolute atomic E-state index is 0.0943. The summed E-state index contributed by atoms with van der Waals surface area (Å²) in [6.07, 6.45) is -1.66. The normalized spacial score (nSPS) is 25.7. The third kappa shape index (κ3) is 3.72. The number of aromatic nitrogens is 4. The second kappa shape index (κ2) is 7.35. The van der Waals surface area contributed by atoms with Crippen molar-refractivity contribution in [2.75, 3.05) is 18.7 Å². The Kier molecular flexibility index (Phi) is 5.29. The molecule has 2 aromatic heterocycles. The first kappa shape index (κ1) is 19.4. The summed E-state index contributed by atoms with van der Waals surface area (Å²) in [6, 6.07) is 0. The van der Waals surface area contributed by atoms with Crippen LogP contribution in [0.1, 0.15) is 27.0 Å². The highest BCUT2D eigenvalue weighted by Gasteiger charge is 2.44. The predicted molar refractivity (Wildman–Crippen MR) is 92.4 cm³/mol. The van der Waals surface area contributed by atoms with Gasteiger partial charge in [0.05, 0.1) is 18.3 Å². The van der Waals surface area contributed by atoms with E-state index in [-0.39, 0.29) is 12.7 Å². The number of hydrogen-bond acceptors (Lipinski definition) is 10. The van der Waals surface area contributed by atoms with Gasteiger partial charge in [0.1, 0.15) is 24.6 Å². The first-order valence-electron chi connectivity index (χ1n) is 8.45. The van der Waals surface area contributed by atoms with E-state index in [0.29, 0.717) is 17.0 Å². The van der Waals surface area contributed by atoms with Crippen molar-refractivity contribution in [1.29, 1.82) is 0 Å². The number of nitrogens with zero attached hydrogens (tertiary/aromatic N) is 4. The van der Waals surface area contributed by atoms with Gasteiger partial charge in [0.2, 0.25) is 0 Å². The van der Waals surface area contributed by atoms with Gasteiger partial charge in [-0.15, -0.1) is 0 Å². The van der Waals surface area contributed by atoms with E-state index >= 15 is 0 Å². The highest BCUT2D eigenvalue weighted by Crippen LogP contribution is 2.32. The molecular weight excluding hydrogens is 358 g/mol. The minimum Gasteiger partial charge on any atom is -0.444 e. The number of aliphatic hydroxyl groups is 3. The lowest BCUT2D eigenvalue weighted by molar-refractivity contribution is -0.152. The highest BCUT2D eigenvalue weighted by molar-refractivity contribution is 5.83. The molecule has 4 atom stereocenters. The first-order chi connectivity index (χ1) is 12.7. The van der Waals surface area contributed by atoms with Gasteiger partial charge in [0.15, 0.2) is 29.9 Å². The van der Waals surface area contributed by atoms with Gasteiger partial charge >= 0.3 is 5.97 Å². The molecule has 0 aliphatic carbocycles. The number of fused-ring (bicyclic) bond motifs is 1. The van der Waals surface area contributed by atoms with E-state index in [0.717, 1.165) is 0 Å². The van der Waals surface area contributed by atoms with Crippen LogP contribution in [0.3, 0.4) is 0 Å². The van der Waals surface area contributed by atoms with Crippen LogP contribution in [0.5, 0.6) is 0 Å². The van der Waals surface area contributed by atoms with Gasteiger partial charge in [-0.1, -0.05) is 0 Å². The largest absolute Gasteiger partial charge is 0.444 e. The summed E-state index contributed by atoms with van der Waals surface area (Å²) in [5, 5.41) is 32.2. The Morgan fingerprint density at radius 3 is 2.67 bits per heavy atom. The molecule has 0 bridgehead atoms. The Bertz CT molecular complexity index is 819. The molecule has 1 aliphatic rings. The third-order valence-corrected chi connectivity index (χ3v) is 4.21. The number of aliphatic hydroxyl groups excluding tert-OH is 3. The molecule has 2 aromatic rings. The van der Waals surface area contributed by atoms with Crippen molar-refractivity contribution in [3.63, 3.8) is 0 Å². The highest BCUT2D eigenvalue weighted by atomic mass is 16.6. The number of nitrogens with one attached hydrogen (secondary N) is 1. The number of carbonyl (C=O) groups excluding carboxylic acids is 1. The lowest BCUT2D eigenvalue weighted by Gasteiger charge is -2.17. The monoisotopic (exact) mass is 381 g/mol. The molecule has 3 heterocycles. The molecule has 3 rings (SSSR count). The zero-order valence-electron chi connectivity index (χ0n) is 15.2. The zero-order valence-corrected chi connectivity index (χ0v) is 15.2. The molecule has 0 saturated carbocycles. The van der Waals surface area contributed by atoms with Gasteiger partial charge in [-0.2, -0.15) is 0 Å². The maximum absolute atomic E-state index is 11.8. The molecular formula is C16H23N5O6. The molecule has 0 radical (unpaired) electrons. The molecule has 4 N–H and O–H groups in total. The summed E-state index contributed by atoms with van der Waals surface area (Å²) in [4.78, 5) is 24.3. The molecule has 0 amide bonds. The van der Waals surface area contributed by atoms with Gasteiger partial charge < -0.3 is 30.1 Å². The maximum Gasteiger partial charge on any atom is 0.312 e. The summed E-state index contributed by atoms with van der Waals surface area (Å²) in [7, 11) is 0. The molecule has 148 valence electrons. The fraction of sp³-hybridized carbons (Fsp3) is 0.625. The average molecular weight is 381 g/mol. The van der Waals surface area contributed by atoms with Crippen LogP contribution in [0.4, 0.5) is 5.82 Å². The van der Waals surface area contributed by atoms with Crippen LogP contribution in [-0.2, 0) is 14.3 Å². The quantitative estimate of drug-likeness (QED) is 0.390. The molecule has 1 fully saturated rings. The van der Waals surface area contributed by atoms with Crippen molar-refractivity contribution in [2.24, 2.45) is 5.41 Å². The fourth-order valence-corrected chi connectivity index (χ4v) is 2.66. The topological polar surface area (TPSA) is 152 Å². The number of carbonyl (C=O) groups is 1.